The molecule has 0 bridgehead atoms. The zero-order valence-electron chi connectivity index (χ0n) is 13.2. The quantitative estimate of drug-likeness (QED) is 0.505. The molecule has 2 heterocycles. The predicted octanol–water partition coefficient (Wildman–Crippen LogP) is 4.69. The van der Waals surface area contributed by atoms with Crippen LogP contribution in [0, 0.1) is 0 Å². The number of carbonyl (C=O) groups excluding carboxylic acids is 1. The van der Waals surface area contributed by atoms with E-state index in [9.17, 15) is 4.79 Å². The van der Waals surface area contributed by atoms with E-state index in [1.54, 1.807) is 24.5 Å². The van der Waals surface area contributed by atoms with Gasteiger partial charge in [-0.05, 0) is 43.3 Å². The normalized spacial score (nSPS) is 12.0. The lowest BCUT2D eigenvalue weighted by Gasteiger charge is -2.13. The summed E-state index contributed by atoms with van der Waals surface area (Å²) < 4.78 is 1.90. The second-order valence-electron chi connectivity index (χ2n) is 5.15. The van der Waals surface area contributed by atoms with Crippen LogP contribution in [-0.2, 0) is 4.79 Å². The molecule has 0 fully saturated rings. The highest BCUT2D eigenvalue weighted by atomic mass is 35.5. The van der Waals surface area contributed by atoms with Gasteiger partial charge in [-0.1, -0.05) is 35.0 Å². The Morgan fingerprint density at radius 3 is 2.64 bits per heavy atom. The molecule has 0 spiro atoms. The van der Waals surface area contributed by atoms with Crippen LogP contribution < -0.4 is 5.32 Å². The van der Waals surface area contributed by atoms with Crippen LogP contribution in [0.15, 0.2) is 60.1 Å². The summed E-state index contributed by atoms with van der Waals surface area (Å²) >= 11 is 13.3. The molecule has 1 N–H and O–H groups in total. The molecular weight excluding hydrogens is 379 g/mol. The van der Waals surface area contributed by atoms with E-state index < -0.39 is 0 Å². The average Bonchev–Trinajstić information content (AvgIpc) is 3.05. The van der Waals surface area contributed by atoms with Crippen molar-refractivity contribution in [3.8, 4) is 5.69 Å². The third-order valence-corrected chi connectivity index (χ3v) is 5.01. The molecule has 5 nitrogen and oxygen atoms in total. The van der Waals surface area contributed by atoms with Crippen LogP contribution in [-0.4, -0.2) is 25.7 Å². The summed E-state index contributed by atoms with van der Waals surface area (Å²) in [5.41, 5.74) is 1.41. The maximum atomic E-state index is 12.4. The van der Waals surface area contributed by atoms with Gasteiger partial charge in [0, 0.05) is 29.3 Å². The molecule has 1 atom stereocenters. The van der Waals surface area contributed by atoms with E-state index in [4.69, 9.17) is 23.2 Å². The lowest BCUT2D eigenvalue weighted by Crippen LogP contribution is -2.23. The molecule has 0 saturated carbocycles. The molecule has 3 rings (SSSR count). The summed E-state index contributed by atoms with van der Waals surface area (Å²) in [6.07, 6.45) is 5.10. The number of amides is 1. The van der Waals surface area contributed by atoms with Crippen molar-refractivity contribution >= 4 is 46.6 Å². The molecule has 0 aliphatic carbocycles. The van der Waals surface area contributed by atoms with Crippen LogP contribution in [0.5, 0.6) is 0 Å². The molecule has 0 saturated heterocycles. The van der Waals surface area contributed by atoms with Crippen molar-refractivity contribution in [3.63, 3.8) is 0 Å². The number of imidazole rings is 1. The van der Waals surface area contributed by atoms with Gasteiger partial charge in [0.2, 0.25) is 5.91 Å². The smallest absolute Gasteiger partial charge is 0.237 e. The third kappa shape index (κ3) is 4.34. The van der Waals surface area contributed by atoms with E-state index in [-0.39, 0.29) is 16.3 Å². The largest absolute Gasteiger partial charge is 0.322 e. The number of nitrogens with zero attached hydrogens (tertiary/aromatic N) is 3. The molecule has 1 amide bonds. The second-order valence-corrected chi connectivity index (χ2v) is 7.25. The van der Waals surface area contributed by atoms with Crippen LogP contribution in [0.2, 0.25) is 10.2 Å². The first-order valence-electron chi connectivity index (χ1n) is 7.42. The zero-order valence-corrected chi connectivity index (χ0v) is 15.5. The number of halogens is 2. The number of anilines is 1. The zero-order chi connectivity index (χ0) is 17.8. The van der Waals surface area contributed by atoms with Crippen molar-refractivity contribution in [1.82, 2.24) is 14.5 Å². The Balaban J connectivity index is 1.72. The van der Waals surface area contributed by atoms with Gasteiger partial charge >= 0.3 is 0 Å². The Morgan fingerprint density at radius 1 is 1.16 bits per heavy atom. The highest BCUT2D eigenvalue weighted by Crippen LogP contribution is 2.26. The summed E-state index contributed by atoms with van der Waals surface area (Å²) in [5, 5.41) is 4.05. The molecule has 0 unspecified atom stereocenters. The van der Waals surface area contributed by atoms with Crippen molar-refractivity contribution in [2.75, 3.05) is 5.32 Å². The fourth-order valence-corrected chi connectivity index (χ4v) is 3.28. The van der Waals surface area contributed by atoms with E-state index in [0.717, 1.165) is 5.69 Å². The van der Waals surface area contributed by atoms with Gasteiger partial charge < -0.3 is 5.32 Å². The van der Waals surface area contributed by atoms with Crippen molar-refractivity contribution in [3.05, 3.63) is 65.2 Å². The Morgan fingerprint density at radius 2 is 1.92 bits per heavy atom. The first-order chi connectivity index (χ1) is 12.0. The van der Waals surface area contributed by atoms with E-state index in [0.29, 0.717) is 15.9 Å². The number of rotatable bonds is 5. The van der Waals surface area contributed by atoms with Crippen molar-refractivity contribution in [2.45, 2.75) is 17.3 Å². The predicted molar refractivity (Wildman–Crippen MR) is 102 cm³/mol. The molecule has 0 aliphatic rings. The van der Waals surface area contributed by atoms with Gasteiger partial charge in [-0.15, -0.1) is 0 Å². The number of thioether (sulfide) groups is 1. The Bertz CT molecular complexity index is 882. The minimum atomic E-state index is -0.371. The highest BCUT2D eigenvalue weighted by Gasteiger charge is 2.19. The van der Waals surface area contributed by atoms with Gasteiger partial charge in [0.05, 0.1) is 10.9 Å². The Hall–Kier alpha value is -2.02. The monoisotopic (exact) mass is 392 g/mol. The molecule has 2 aromatic heterocycles. The molecular formula is C17H14Cl2N4OS. The summed E-state index contributed by atoms with van der Waals surface area (Å²) in [7, 11) is 0. The summed E-state index contributed by atoms with van der Waals surface area (Å²) in [5.74, 6) is -0.175. The van der Waals surface area contributed by atoms with E-state index >= 15 is 0 Å². The minimum absolute atomic E-state index is 0.175. The molecule has 8 heteroatoms. The SMILES string of the molecule is C[C@@H](Sc1nccn1-c1ccc(Cl)cc1)C(=O)Nc1cccnc1Cl. The van der Waals surface area contributed by atoms with Gasteiger partial charge in [0.1, 0.15) is 0 Å². The fraction of sp³-hybridized carbons (Fsp3) is 0.118. The van der Waals surface area contributed by atoms with Crippen LogP contribution in [0.1, 0.15) is 6.92 Å². The van der Waals surface area contributed by atoms with E-state index in [1.165, 1.54) is 11.8 Å². The van der Waals surface area contributed by atoms with E-state index in [2.05, 4.69) is 15.3 Å². The minimum Gasteiger partial charge on any atom is -0.322 e. The lowest BCUT2D eigenvalue weighted by molar-refractivity contribution is -0.115. The second kappa shape index (κ2) is 7.91. The number of aromatic nitrogens is 3. The van der Waals surface area contributed by atoms with Gasteiger partial charge in [-0.2, -0.15) is 0 Å². The van der Waals surface area contributed by atoms with Gasteiger partial charge in [0.25, 0.3) is 0 Å². The molecule has 1 aromatic carbocycles. The lowest BCUT2D eigenvalue weighted by atomic mass is 10.3. The van der Waals surface area contributed by atoms with Crippen LogP contribution in [0.25, 0.3) is 5.69 Å². The van der Waals surface area contributed by atoms with Gasteiger partial charge in [-0.25, -0.2) is 9.97 Å². The van der Waals surface area contributed by atoms with Crippen molar-refractivity contribution < 1.29 is 4.79 Å². The third-order valence-electron chi connectivity index (χ3n) is 3.38. The first-order valence-corrected chi connectivity index (χ1v) is 9.05. The summed E-state index contributed by atoms with van der Waals surface area (Å²) in [4.78, 5) is 20.7. The number of hydrogen-bond acceptors (Lipinski definition) is 4. The standard InChI is InChI=1S/C17H14Cl2N4OS/c1-11(16(24)22-14-3-2-8-20-15(14)19)25-17-21-9-10-23(17)13-6-4-12(18)5-7-13/h2-11H,1H3,(H,22,24)/t11-/m1/s1. The van der Waals surface area contributed by atoms with Crippen LogP contribution >= 0.6 is 35.0 Å². The summed E-state index contributed by atoms with van der Waals surface area (Å²) in [6, 6.07) is 10.8. The Kier molecular flexibility index (Phi) is 5.63. The average molecular weight is 393 g/mol. The number of carbonyl (C=O) groups is 1. The highest BCUT2D eigenvalue weighted by molar-refractivity contribution is 8.00. The number of benzene rings is 1. The molecule has 25 heavy (non-hydrogen) atoms. The van der Waals surface area contributed by atoms with E-state index in [1.807, 2.05) is 42.0 Å². The topological polar surface area (TPSA) is 59.8 Å². The van der Waals surface area contributed by atoms with Gasteiger partial charge in [0.15, 0.2) is 10.3 Å². The molecule has 3 aromatic rings. The Labute approximate surface area is 159 Å². The maximum absolute atomic E-state index is 12.4. The first kappa shape index (κ1) is 17.8. The molecule has 0 radical (unpaired) electrons. The molecule has 0 aliphatic heterocycles. The molecule has 128 valence electrons. The van der Waals surface area contributed by atoms with Crippen LogP contribution in [0.3, 0.4) is 0 Å². The van der Waals surface area contributed by atoms with Crippen molar-refractivity contribution in [1.29, 1.82) is 0 Å². The maximum Gasteiger partial charge on any atom is 0.237 e. The van der Waals surface area contributed by atoms with Crippen LogP contribution in [0.4, 0.5) is 5.69 Å². The summed E-state index contributed by atoms with van der Waals surface area (Å²) in [6.45, 7) is 1.81. The number of hydrogen-bond donors (Lipinski definition) is 1. The van der Waals surface area contributed by atoms with Crippen molar-refractivity contribution in [2.24, 2.45) is 0 Å². The number of nitrogens with one attached hydrogen (secondary N) is 1. The number of pyridine rings is 1. The fourth-order valence-electron chi connectivity index (χ4n) is 2.10. The van der Waals surface area contributed by atoms with Gasteiger partial charge in [-0.3, -0.25) is 9.36 Å².